The lowest BCUT2D eigenvalue weighted by atomic mass is 10.2. The van der Waals surface area contributed by atoms with Crippen molar-refractivity contribution in [3.05, 3.63) is 30.6 Å². The van der Waals surface area contributed by atoms with Gasteiger partial charge in [-0.2, -0.15) is 5.10 Å². The van der Waals surface area contributed by atoms with Crippen LogP contribution in [0.25, 0.3) is 10.9 Å². The Balaban J connectivity index is 1.71. The minimum atomic E-state index is -0.201. The molecule has 0 unspecified atom stereocenters. The average molecular weight is 257 g/mol. The number of rotatable bonds is 3. The second kappa shape index (κ2) is 4.41. The molecule has 0 aliphatic carbocycles. The molecule has 0 aliphatic heterocycles. The van der Waals surface area contributed by atoms with Gasteiger partial charge in [0.05, 0.1) is 17.9 Å². The van der Waals surface area contributed by atoms with E-state index in [4.69, 9.17) is 5.73 Å². The number of anilines is 2. The number of nitrogens with one attached hydrogen (secondary N) is 2. The summed E-state index contributed by atoms with van der Waals surface area (Å²) >= 11 is 0. The molecule has 0 saturated heterocycles. The molecule has 3 aromatic rings. The fraction of sp³-hybridized carbons (Fsp3) is 0.0909. The smallest absolute Gasteiger partial charge is 0.246 e. The Hall–Kier alpha value is -2.90. The highest BCUT2D eigenvalue weighted by Gasteiger charge is 2.06. The topological polar surface area (TPSA) is 115 Å². The summed E-state index contributed by atoms with van der Waals surface area (Å²) in [6.45, 7) is 0.0631. The maximum absolute atomic E-state index is 11.8. The number of hydrogen-bond acceptors (Lipinski definition) is 5. The highest BCUT2D eigenvalue weighted by molar-refractivity contribution is 5.93. The molecule has 3 rings (SSSR count). The van der Waals surface area contributed by atoms with Crippen LogP contribution in [0.4, 0.5) is 11.5 Å². The Morgan fingerprint density at radius 1 is 1.47 bits per heavy atom. The molecule has 2 heterocycles. The Kier molecular flexibility index (Phi) is 2.60. The molecule has 8 nitrogen and oxygen atoms in total. The first-order valence-electron chi connectivity index (χ1n) is 5.59. The van der Waals surface area contributed by atoms with Gasteiger partial charge in [-0.05, 0) is 18.2 Å². The number of nitrogen functional groups attached to an aromatic ring is 1. The van der Waals surface area contributed by atoms with Crippen LogP contribution < -0.4 is 11.1 Å². The first-order chi connectivity index (χ1) is 9.20. The van der Waals surface area contributed by atoms with Crippen LogP contribution in [0.2, 0.25) is 0 Å². The molecule has 0 atom stereocenters. The van der Waals surface area contributed by atoms with Crippen molar-refractivity contribution in [2.24, 2.45) is 0 Å². The maximum atomic E-state index is 11.8. The van der Waals surface area contributed by atoms with E-state index in [-0.39, 0.29) is 18.3 Å². The van der Waals surface area contributed by atoms with Gasteiger partial charge in [0.1, 0.15) is 6.54 Å². The third-order valence-corrected chi connectivity index (χ3v) is 2.59. The Labute approximate surface area is 107 Å². The van der Waals surface area contributed by atoms with E-state index in [0.717, 1.165) is 10.9 Å². The van der Waals surface area contributed by atoms with E-state index in [2.05, 4.69) is 25.8 Å². The minimum absolute atomic E-state index is 0.0631. The molecule has 4 N–H and O–H groups in total. The number of aromatic nitrogens is 5. The zero-order valence-corrected chi connectivity index (χ0v) is 9.87. The fourth-order valence-corrected chi connectivity index (χ4v) is 1.76. The number of amides is 1. The van der Waals surface area contributed by atoms with Crippen LogP contribution in [0.5, 0.6) is 0 Å². The molecule has 96 valence electrons. The molecule has 1 aromatic carbocycles. The van der Waals surface area contributed by atoms with Gasteiger partial charge in [-0.3, -0.25) is 9.89 Å². The van der Waals surface area contributed by atoms with Crippen molar-refractivity contribution in [2.45, 2.75) is 6.54 Å². The molecule has 0 bridgehead atoms. The second-order valence-corrected chi connectivity index (χ2v) is 4.06. The summed E-state index contributed by atoms with van der Waals surface area (Å²) in [7, 11) is 0. The van der Waals surface area contributed by atoms with Gasteiger partial charge in [0.25, 0.3) is 0 Å². The van der Waals surface area contributed by atoms with Crippen LogP contribution in [0, 0.1) is 0 Å². The number of aromatic amines is 1. The molecular weight excluding hydrogens is 246 g/mol. The van der Waals surface area contributed by atoms with E-state index in [1.165, 1.54) is 10.9 Å². The molecule has 0 radical (unpaired) electrons. The third kappa shape index (κ3) is 2.37. The van der Waals surface area contributed by atoms with Gasteiger partial charge in [-0.15, -0.1) is 5.10 Å². The second-order valence-electron chi connectivity index (χ2n) is 4.06. The standard InChI is InChI=1S/C11H11N7O/c12-10-5-18(17-16-10)6-11(19)14-8-1-2-9-7(3-8)4-13-15-9/h1-5H,6,12H2,(H,13,15)(H,14,19). The van der Waals surface area contributed by atoms with Gasteiger partial charge < -0.3 is 11.1 Å². The molecule has 8 heteroatoms. The van der Waals surface area contributed by atoms with Crippen LogP contribution in [-0.4, -0.2) is 31.1 Å². The maximum Gasteiger partial charge on any atom is 0.246 e. The number of benzene rings is 1. The van der Waals surface area contributed by atoms with E-state index in [0.29, 0.717) is 5.69 Å². The number of carbonyl (C=O) groups excluding carboxylic acids is 1. The van der Waals surface area contributed by atoms with Crippen LogP contribution in [0.15, 0.2) is 30.6 Å². The minimum Gasteiger partial charge on any atom is -0.381 e. The van der Waals surface area contributed by atoms with Gasteiger partial charge >= 0.3 is 0 Å². The summed E-state index contributed by atoms with van der Waals surface area (Å²) in [6, 6.07) is 5.49. The SMILES string of the molecule is Nc1cn(CC(=O)Nc2ccc3[nH]ncc3c2)nn1. The first-order valence-corrected chi connectivity index (χ1v) is 5.59. The molecule has 2 aromatic heterocycles. The Morgan fingerprint density at radius 3 is 3.16 bits per heavy atom. The van der Waals surface area contributed by atoms with Crippen LogP contribution in [0.1, 0.15) is 0 Å². The van der Waals surface area contributed by atoms with Crippen LogP contribution >= 0.6 is 0 Å². The van der Waals surface area contributed by atoms with Crippen molar-refractivity contribution < 1.29 is 4.79 Å². The zero-order valence-electron chi connectivity index (χ0n) is 9.87. The Bertz CT molecular complexity index is 729. The monoisotopic (exact) mass is 257 g/mol. The molecule has 0 spiro atoms. The molecular formula is C11H11N7O. The number of nitrogens with zero attached hydrogens (tertiary/aromatic N) is 4. The third-order valence-electron chi connectivity index (χ3n) is 2.59. The van der Waals surface area contributed by atoms with E-state index in [1.54, 1.807) is 12.3 Å². The number of hydrogen-bond donors (Lipinski definition) is 3. The van der Waals surface area contributed by atoms with E-state index in [9.17, 15) is 4.79 Å². The highest BCUT2D eigenvalue weighted by atomic mass is 16.2. The lowest BCUT2D eigenvalue weighted by Gasteiger charge is -2.04. The quantitative estimate of drug-likeness (QED) is 0.627. The fourth-order valence-electron chi connectivity index (χ4n) is 1.76. The predicted octanol–water partition coefficient (Wildman–Crippen LogP) is 0.375. The van der Waals surface area contributed by atoms with E-state index >= 15 is 0 Å². The summed E-state index contributed by atoms with van der Waals surface area (Å²) in [6.07, 6.45) is 3.20. The summed E-state index contributed by atoms with van der Waals surface area (Å²) in [5, 5.41) is 17.8. The van der Waals surface area contributed by atoms with Gasteiger partial charge in [-0.25, -0.2) is 4.68 Å². The number of H-pyrrole nitrogens is 1. The van der Waals surface area contributed by atoms with Gasteiger partial charge in [0.15, 0.2) is 5.82 Å². The normalized spacial score (nSPS) is 10.7. The molecule has 0 fully saturated rings. The van der Waals surface area contributed by atoms with Gasteiger partial charge in [-0.1, -0.05) is 5.21 Å². The molecule has 19 heavy (non-hydrogen) atoms. The zero-order chi connectivity index (χ0) is 13.2. The highest BCUT2D eigenvalue weighted by Crippen LogP contribution is 2.16. The Morgan fingerprint density at radius 2 is 2.37 bits per heavy atom. The van der Waals surface area contributed by atoms with Crippen LogP contribution in [-0.2, 0) is 11.3 Å². The predicted molar refractivity (Wildman–Crippen MR) is 69.2 cm³/mol. The van der Waals surface area contributed by atoms with Crippen molar-refractivity contribution in [1.29, 1.82) is 0 Å². The molecule has 1 amide bonds. The largest absolute Gasteiger partial charge is 0.381 e. The summed E-state index contributed by atoms with van der Waals surface area (Å²) in [5.41, 5.74) is 7.04. The number of nitrogens with two attached hydrogens (primary N) is 1. The number of carbonyl (C=O) groups is 1. The van der Waals surface area contributed by atoms with Crippen molar-refractivity contribution in [2.75, 3.05) is 11.1 Å². The van der Waals surface area contributed by atoms with Crippen molar-refractivity contribution >= 4 is 28.3 Å². The van der Waals surface area contributed by atoms with Gasteiger partial charge in [0.2, 0.25) is 5.91 Å². The summed E-state index contributed by atoms with van der Waals surface area (Å²) in [5.74, 6) is 0.0837. The van der Waals surface area contributed by atoms with E-state index in [1.807, 2.05) is 12.1 Å². The first kappa shape index (κ1) is 11.2. The summed E-state index contributed by atoms with van der Waals surface area (Å²) < 4.78 is 1.38. The van der Waals surface area contributed by atoms with Crippen molar-refractivity contribution in [1.82, 2.24) is 25.2 Å². The van der Waals surface area contributed by atoms with Gasteiger partial charge in [0, 0.05) is 11.1 Å². The van der Waals surface area contributed by atoms with Crippen molar-refractivity contribution in [3.63, 3.8) is 0 Å². The number of fused-ring (bicyclic) bond motifs is 1. The van der Waals surface area contributed by atoms with Crippen LogP contribution in [0.3, 0.4) is 0 Å². The van der Waals surface area contributed by atoms with Crippen molar-refractivity contribution in [3.8, 4) is 0 Å². The molecule has 0 aliphatic rings. The lowest BCUT2D eigenvalue weighted by molar-refractivity contribution is -0.116. The lowest BCUT2D eigenvalue weighted by Crippen LogP contribution is -2.19. The van der Waals surface area contributed by atoms with E-state index < -0.39 is 0 Å². The molecule has 0 saturated carbocycles. The summed E-state index contributed by atoms with van der Waals surface area (Å²) in [4.78, 5) is 11.8. The average Bonchev–Trinajstić information content (AvgIpc) is 2.97.